The summed E-state index contributed by atoms with van der Waals surface area (Å²) in [6.45, 7) is 0.960. The molecular formula is C16H18F2N4O. The lowest BCUT2D eigenvalue weighted by atomic mass is 10.1. The zero-order valence-corrected chi connectivity index (χ0v) is 12.8. The lowest BCUT2D eigenvalue weighted by molar-refractivity contribution is -0.117. The SMILES string of the molecule is Cn1nccc1C1CCCN1CC(=O)Nc1ccc(F)cc1F. The van der Waals surface area contributed by atoms with Gasteiger partial charge in [-0.1, -0.05) is 0 Å². The Hall–Kier alpha value is -2.28. The third kappa shape index (κ3) is 3.39. The first-order valence-electron chi connectivity index (χ1n) is 7.51. The summed E-state index contributed by atoms with van der Waals surface area (Å²) >= 11 is 0. The lowest BCUT2D eigenvalue weighted by Crippen LogP contribution is -2.33. The number of aromatic nitrogens is 2. The summed E-state index contributed by atoms with van der Waals surface area (Å²) < 4.78 is 28.3. The molecule has 1 aliphatic heterocycles. The number of likely N-dealkylation sites (tertiary alicyclic amines) is 1. The summed E-state index contributed by atoms with van der Waals surface area (Å²) in [5, 5.41) is 6.67. The van der Waals surface area contributed by atoms with Crippen LogP contribution in [0.2, 0.25) is 0 Å². The molecule has 0 bridgehead atoms. The third-order valence-electron chi connectivity index (χ3n) is 4.12. The van der Waals surface area contributed by atoms with Crippen LogP contribution in [0, 0.1) is 11.6 Å². The first kappa shape index (κ1) is 15.6. The monoisotopic (exact) mass is 320 g/mol. The van der Waals surface area contributed by atoms with E-state index in [0.717, 1.165) is 37.2 Å². The van der Waals surface area contributed by atoms with E-state index in [4.69, 9.17) is 0 Å². The molecule has 1 N–H and O–H groups in total. The van der Waals surface area contributed by atoms with E-state index in [2.05, 4.69) is 10.4 Å². The van der Waals surface area contributed by atoms with Crippen LogP contribution in [0.1, 0.15) is 24.6 Å². The third-order valence-corrected chi connectivity index (χ3v) is 4.12. The van der Waals surface area contributed by atoms with Gasteiger partial charge in [0.25, 0.3) is 0 Å². The molecule has 1 aromatic carbocycles. The van der Waals surface area contributed by atoms with E-state index in [1.165, 1.54) is 6.07 Å². The van der Waals surface area contributed by atoms with Crippen molar-refractivity contribution in [1.29, 1.82) is 0 Å². The topological polar surface area (TPSA) is 50.2 Å². The van der Waals surface area contributed by atoms with Crippen molar-refractivity contribution in [2.24, 2.45) is 7.05 Å². The van der Waals surface area contributed by atoms with Gasteiger partial charge in [-0.05, 0) is 37.6 Å². The number of rotatable bonds is 4. The van der Waals surface area contributed by atoms with E-state index >= 15 is 0 Å². The molecule has 7 heteroatoms. The second-order valence-electron chi connectivity index (χ2n) is 5.68. The molecule has 2 heterocycles. The van der Waals surface area contributed by atoms with Gasteiger partial charge in [0.2, 0.25) is 5.91 Å². The zero-order valence-electron chi connectivity index (χ0n) is 12.8. The molecule has 0 spiro atoms. The van der Waals surface area contributed by atoms with Gasteiger partial charge in [0.1, 0.15) is 11.6 Å². The van der Waals surface area contributed by atoms with Crippen LogP contribution in [0.15, 0.2) is 30.5 Å². The van der Waals surface area contributed by atoms with Crippen LogP contribution >= 0.6 is 0 Å². The fraction of sp³-hybridized carbons (Fsp3) is 0.375. The molecule has 5 nitrogen and oxygen atoms in total. The van der Waals surface area contributed by atoms with Gasteiger partial charge in [0.05, 0.1) is 24.0 Å². The number of carbonyl (C=O) groups excluding carboxylic acids is 1. The minimum atomic E-state index is -0.775. The molecule has 1 aromatic heterocycles. The Labute approximate surface area is 132 Å². The molecule has 1 atom stereocenters. The first-order valence-corrected chi connectivity index (χ1v) is 7.51. The summed E-state index contributed by atoms with van der Waals surface area (Å²) in [5.74, 6) is -1.76. The quantitative estimate of drug-likeness (QED) is 0.941. The number of anilines is 1. The highest BCUT2D eigenvalue weighted by Gasteiger charge is 2.29. The van der Waals surface area contributed by atoms with Gasteiger partial charge < -0.3 is 5.32 Å². The maximum Gasteiger partial charge on any atom is 0.238 e. The average Bonchev–Trinajstić information content (AvgIpc) is 3.10. The van der Waals surface area contributed by atoms with Crippen molar-refractivity contribution in [2.45, 2.75) is 18.9 Å². The molecule has 23 heavy (non-hydrogen) atoms. The Morgan fingerprint density at radius 1 is 1.39 bits per heavy atom. The van der Waals surface area contributed by atoms with Crippen molar-refractivity contribution in [1.82, 2.24) is 14.7 Å². The van der Waals surface area contributed by atoms with Gasteiger partial charge in [0, 0.05) is 19.3 Å². The number of hydrogen-bond donors (Lipinski definition) is 1. The number of nitrogens with zero attached hydrogens (tertiary/aromatic N) is 3. The molecule has 1 aliphatic rings. The van der Waals surface area contributed by atoms with E-state index in [9.17, 15) is 13.6 Å². The van der Waals surface area contributed by atoms with Crippen molar-refractivity contribution in [3.63, 3.8) is 0 Å². The van der Waals surface area contributed by atoms with E-state index in [-0.39, 0.29) is 24.2 Å². The van der Waals surface area contributed by atoms with E-state index < -0.39 is 11.6 Å². The van der Waals surface area contributed by atoms with Gasteiger partial charge in [0.15, 0.2) is 0 Å². The molecule has 0 saturated carbocycles. The zero-order chi connectivity index (χ0) is 16.4. The van der Waals surface area contributed by atoms with Crippen LogP contribution in [0.25, 0.3) is 0 Å². The molecule has 1 amide bonds. The van der Waals surface area contributed by atoms with Crippen LogP contribution in [0.4, 0.5) is 14.5 Å². The Morgan fingerprint density at radius 3 is 2.91 bits per heavy atom. The van der Waals surface area contributed by atoms with Crippen molar-refractivity contribution in [3.8, 4) is 0 Å². The highest BCUT2D eigenvalue weighted by Crippen LogP contribution is 2.31. The number of halogens is 2. The van der Waals surface area contributed by atoms with Crippen LogP contribution in [0.5, 0.6) is 0 Å². The molecule has 122 valence electrons. The van der Waals surface area contributed by atoms with E-state index in [1.54, 1.807) is 10.9 Å². The predicted molar refractivity (Wildman–Crippen MR) is 81.7 cm³/mol. The van der Waals surface area contributed by atoms with Crippen molar-refractivity contribution in [3.05, 3.63) is 47.8 Å². The summed E-state index contributed by atoms with van der Waals surface area (Å²) in [7, 11) is 1.87. The largest absolute Gasteiger partial charge is 0.322 e. The number of nitrogens with one attached hydrogen (secondary N) is 1. The molecule has 2 aromatic rings. The number of hydrogen-bond acceptors (Lipinski definition) is 3. The molecule has 0 aliphatic carbocycles. The van der Waals surface area contributed by atoms with Crippen LogP contribution < -0.4 is 5.32 Å². The summed E-state index contributed by atoms with van der Waals surface area (Å²) in [4.78, 5) is 14.2. The lowest BCUT2D eigenvalue weighted by Gasteiger charge is -2.24. The van der Waals surface area contributed by atoms with Crippen LogP contribution in [-0.4, -0.2) is 33.7 Å². The minimum absolute atomic E-state index is 0.00678. The van der Waals surface area contributed by atoms with Crippen LogP contribution in [-0.2, 0) is 11.8 Å². The molecule has 1 saturated heterocycles. The van der Waals surface area contributed by atoms with Crippen molar-refractivity contribution < 1.29 is 13.6 Å². The molecular weight excluding hydrogens is 302 g/mol. The fourth-order valence-corrected chi connectivity index (χ4v) is 3.03. The van der Waals surface area contributed by atoms with Crippen molar-refractivity contribution >= 4 is 11.6 Å². The fourth-order valence-electron chi connectivity index (χ4n) is 3.03. The molecule has 3 rings (SSSR count). The second kappa shape index (κ2) is 6.45. The maximum absolute atomic E-state index is 13.6. The maximum atomic E-state index is 13.6. The van der Waals surface area contributed by atoms with Gasteiger partial charge in [-0.2, -0.15) is 5.10 Å². The summed E-state index contributed by atoms with van der Waals surface area (Å²) in [6, 6.07) is 5.18. The highest BCUT2D eigenvalue weighted by molar-refractivity contribution is 5.92. The van der Waals surface area contributed by atoms with Crippen molar-refractivity contribution in [2.75, 3.05) is 18.4 Å². The molecule has 1 unspecified atom stereocenters. The minimum Gasteiger partial charge on any atom is -0.322 e. The summed E-state index contributed by atoms with van der Waals surface area (Å²) in [6.07, 6.45) is 3.69. The Morgan fingerprint density at radius 2 is 2.22 bits per heavy atom. The average molecular weight is 320 g/mol. The summed E-state index contributed by atoms with van der Waals surface area (Å²) in [5.41, 5.74) is 1.05. The Kier molecular flexibility index (Phi) is 4.38. The predicted octanol–water partition coefficient (Wildman–Crippen LogP) is 2.47. The Bertz CT molecular complexity index is 716. The second-order valence-corrected chi connectivity index (χ2v) is 5.68. The highest BCUT2D eigenvalue weighted by atomic mass is 19.1. The Balaban J connectivity index is 1.66. The van der Waals surface area contributed by atoms with Crippen LogP contribution in [0.3, 0.4) is 0 Å². The van der Waals surface area contributed by atoms with Gasteiger partial charge in [-0.25, -0.2) is 8.78 Å². The normalized spacial score (nSPS) is 18.3. The smallest absolute Gasteiger partial charge is 0.238 e. The van der Waals surface area contributed by atoms with Gasteiger partial charge >= 0.3 is 0 Å². The number of amides is 1. The molecule has 1 fully saturated rings. The van der Waals surface area contributed by atoms with Gasteiger partial charge in [-0.15, -0.1) is 0 Å². The van der Waals surface area contributed by atoms with E-state index in [0.29, 0.717) is 0 Å². The number of aryl methyl sites for hydroxylation is 1. The number of carbonyl (C=O) groups is 1. The van der Waals surface area contributed by atoms with E-state index in [1.807, 2.05) is 18.0 Å². The first-order chi connectivity index (χ1) is 11.0. The van der Waals surface area contributed by atoms with Gasteiger partial charge in [-0.3, -0.25) is 14.4 Å². The molecule has 0 radical (unpaired) electrons. The number of benzene rings is 1. The standard InChI is InChI=1S/C16H18F2N4O/c1-21-14(6-7-19-21)15-3-2-8-22(15)10-16(23)20-13-5-4-11(17)9-12(13)18/h4-7,9,15H,2-3,8,10H2,1H3,(H,20,23).